The SMILES string of the molecule is O=C(c1cc2ccc(F)cc2[nH]c1=O)N1CCOC(c2cccc(Cl)c2)C1. The summed E-state index contributed by atoms with van der Waals surface area (Å²) in [7, 11) is 0. The number of nitrogens with zero attached hydrogens (tertiary/aromatic N) is 1. The van der Waals surface area contributed by atoms with E-state index in [9.17, 15) is 14.0 Å². The molecule has 1 aliphatic heterocycles. The first-order chi connectivity index (χ1) is 13.0. The molecule has 2 aromatic carbocycles. The van der Waals surface area contributed by atoms with Gasteiger partial charge >= 0.3 is 0 Å². The quantitative estimate of drug-likeness (QED) is 0.732. The number of rotatable bonds is 2. The molecule has 7 heteroatoms. The van der Waals surface area contributed by atoms with Gasteiger partial charge in [0, 0.05) is 11.6 Å². The minimum Gasteiger partial charge on any atom is -0.370 e. The number of halogens is 2. The summed E-state index contributed by atoms with van der Waals surface area (Å²) in [6.07, 6.45) is -0.310. The van der Waals surface area contributed by atoms with E-state index in [1.165, 1.54) is 24.3 Å². The molecule has 3 aromatic rings. The van der Waals surface area contributed by atoms with Gasteiger partial charge < -0.3 is 14.6 Å². The molecule has 138 valence electrons. The van der Waals surface area contributed by atoms with Crippen LogP contribution in [-0.4, -0.2) is 35.5 Å². The summed E-state index contributed by atoms with van der Waals surface area (Å²) in [6, 6.07) is 12.8. The molecule has 0 spiro atoms. The zero-order chi connectivity index (χ0) is 19.0. The Morgan fingerprint density at radius 1 is 1.22 bits per heavy atom. The number of aromatic nitrogens is 1. The maximum absolute atomic E-state index is 13.3. The van der Waals surface area contributed by atoms with Crippen LogP contribution in [0.1, 0.15) is 22.0 Å². The number of hydrogen-bond acceptors (Lipinski definition) is 3. The normalized spacial score (nSPS) is 17.3. The molecule has 0 radical (unpaired) electrons. The summed E-state index contributed by atoms with van der Waals surface area (Å²) < 4.78 is 19.1. The average Bonchev–Trinajstić information content (AvgIpc) is 2.67. The van der Waals surface area contributed by atoms with E-state index < -0.39 is 11.4 Å². The Bertz CT molecular complexity index is 1080. The molecule has 27 heavy (non-hydrogen) atoms. The van der Waals surface area contributed by atoms with Crippen molar-refractivity contribution in [2.24, 2.45) is 0 Å². The smallest absolute Gasteiger partial charge is 0.261 e. The van der Waals surface area contributed by atoms with Crippen molar-refractivity contribution in [2.45, 2.75) is 6.10 Å². The minimum absolute atomic E-state index is 0.0286. The number of carbonyl (C=O) groups is 1. The van der Waals surface area contributed by atoms with E-state index in [1.54, 1.807) is 17.0 Å². The number of aromatic amines is 1. The summed E-state index contributed by atoms with van der Waals surface area (Å²) in [4.78, 5) is 29.4. The number of nitrogens with one attached hydrogen (secondary N) is 1. The van der Waals surface area contributed by atoms with Gasteiger partial charge in [-0.2, -0.15) is 0 Å². The van der Waals surface area contributed by atoms with Crippen molar-refractivity contribution >= 4 is 28.4 Å². The van der Waals surface area contributed by atoms with Crippen LogP contribution in [0.2, 0.25) is 5.02 Å². The molecule has 4 rings (SSSR count). The van der Waals surface area contributed by atoms with E-state index in [-0.39, 0.29) is 17.6 Å². The van der Waals surface area contributed by atoms with Crippen molar-refractivity contribution in [1.29, 1.82) is 0 Å². The minimum atomic E-state index is -0.538. The molecule has 1 aromatic heterocycles. The van der Waals surface area contributed by atoms with Gasteiger partial charge in [-0.1, -0.05) is 23.7 Å². The zero-order valence-electron chi connectivity index (χ0n) is 14.2. The third-order valence-electron chi connectivity index (χ3n) is 4.61. The number of fused-ring (bicyclic) bond motifs is 1. The van der Waals surface area contributed by atoms with Gasteiger partial charge in [0.1, 0.15) is 17.5 Å². The van der Waals surface area contributed by atoms with Crippen LogP contribution >= 0.6 is 11.6 Å². The van der Waals surface area contributed by atoms with Crippen molar-refractivity contribution in [3.8, 4) is 0 Å². The van der Waals surface area contributed by atoms with Crippen LogP contribution in [0, 0.1) is 5.82 Å². The van der Waals surface area contributed by atoms with Gasteiger partial charge in [-0.05, 0) is 47.3 Å². The molecule has 0 saturated carbocycles. The highest BCUT2D eigenvalue weighted by Crippen LogP contribution is 2.25. The lowest BCUT2D eigenvalue weighted by Gasteiger charge is -2.33. The Kier molecular flexibility index (Phi) is 4.68. The zero-order valence-corrected chi connectivity index (χ0v) is 15.0. The van der Waals surface area contributed by atoms with Gasteiger partial charge in [0.25, 0.3) is 11.5 Å². The van der Waals surface area contributed by atoms with Gasteiger partial charge in [-0.15, -0.1) is 0 Å². The monoisotopic (exact) mass is 386 g/mol. The number of pyridine rings is 1. The number of hydrogen-bond donors (Lipinski definition) is 1. The second-order valence-corrected chi connectivity index (χ2v) is 6.85. The fourth-order valence-electron chi connectivity index (χ4n) is 3.24. The Morgan fingerprint density at radius 3 is 2.89 bits per heavy atom. The van der Waals surface area contributed by atoms with Crippen LogP contribution in [0.15, 0.2) is 53.3 Å². The Hall–Kier alpha value is -2.70. The van der Waals surface area contributed by atoms with E-state index in [2.05, 4.69) is 4.98 Å². The van der Waals surface area contributed by atoms with Crippen molar-refractivity contribution in [2.75, 3.05) is 19.7 Å². The van der Waals surface area contributed by atoms with Gasteiger partial charge in [0.15, 0.2) is 0 Å². The molecule has 2 heterocycles. The number of amides is 1. The van der Waals surface area contributed by atoms with Crippen LogP contribution in [0.25, 0.3) is 10.9 Å². The lowest BCUT2D eigenvalue weighted by Crippen LogP contribution is -2.43. The molecule has 1 unspecified atom stereocenters. The first-order valence-electron chi connectivity index (χ1n) is 8.50. The summed E-state index contributed by atoms with van der Waals surface area (Å²) in [5.41, 5.74) is 0.725. The van der Waals surface area contributed by atoms with E-state index >= 15 is 0 Å². The van der Waals surface area contributed by atoms with Crippen LogP contribution in [0.5, 0.6) is 0 Å². The summed E-state index contributed by atoms with van der Waals surface area (Å²) in [5.74, 6) is -0.826. The highest BCUT2D eigenvalue weighted by molar-refractivity contribution is 6.30. The molecular formula is C20H16ClFN2O3. The fraction of sp³-hybridized carbons (Fsp3) is 0.200. The molecule has 0 bridgehead atoms. The molecule has 1 saturated heterocycles. The molecular weight excluding hydrogens is 371 g/mol. The van der Waals surface area contributed by atoms with Crippen LogP contribution < -0.4 is 5.56 Å². The van der Waals surface area contributed by atoms with Crippen LogP contribution in [0.4, 0.5) is 4.39 Å². The summed E-state index contributed by atoms with van der Waals surface area (Å²) >= 11 is 6.04. The third-order valence-corrected chi connectivity index (χ3v) is 4.85. The second-order valence-electron chi connectivity index (χ2n) is 6.41. The lowest BCUT2D eigenvalue weighted by molar-refractivity contribution is -0.0228. The average molecular weight is 387 g/mol. The molecule has 0 aliphatic carbocycles. The molecule has 1 amide bonds. The first-order valence-corrected chi connectivity index (χ1v) is 8.88. The van der Waals surface area contributed by atoms with Crippen molar-refractivity contribution in [3.63, 3.8) is 0 Å². The third kappa shape index (κ3) is 3.59. The van der Waals surface area contributed by atoms with Crippen molar-refractivity contribution < 1.29 is 13.9 Å². The molecule has 1 N–H and O–H groups in total. The van der Waals surface area contributed by atoms with Crippen molar-refractivity contribution in [1.82, 2.24) is 9.88 Å². The fourth-order valence-corrected chi connectivity index (χ4v) is 3.44. The summed E-state index contributed by atoms with van der Waals surface area (Å²) in [6.45, 7) is 1.07. The number of H-pyrrole nitrogens is 1. The second kappa shape index (κ2) is 7.13. The van der Waals surface area contributed by atoms with Crippen LogP contribution in [-0.2, 0) is 4.74 Å². The number of carbonyl (C=O) groups excluding carboxylic acids is 1. The number of benzene rings is 2. The highest BCUT2D eigenvalue weighted by Gasteiger charge is 2.27. The van der Waals surface area contributed by atoms with Gasteiger partial charge in [-0.3, -0.25) is 9.59 Å². The predicted octanol–water partition coefficient (Wildman–Crippen LogP) is 3.53. The van der Waals surface area contributed by atoms with Gasteiger partial charge in [0.2, 0.25) is 0 Å². The largest absolute Gasteiger partial charge is 0.370 e. The highest BCUT2D eigenvalue weighted by atomic mass is 35.5. The maximum Gasteiger partial charge on any atom is 0.261 e. The van der Waals surface area contributed by atoms with E-state index in [0.717, 1.165) is 5.56 Å². The molecule has 1 aliphatic rings. The number of morpholine rings is 1. The van der Waals surface area contributed by atoms with Gasteiger partial charge in [-0.25, -0.2) is 4.39 Å². The maximum atomic E-state index is 13.3. The van der Waals surface area contributed by atoms with Crippen molar-refractivity contribution in [3.05, 3.63) is 80.9 Å². The number of ether oxygens (including phenoxy) is 1. The molecule has 1 atom stereocenters. The van der Waals surface area contributed by atoms with Gasteiger partial charge in [0.05, 0.1) is 18.7 Å². The topological polar surface area (TPSA) is 62.4 Å². The standard InChI is InChI=1S/C20H16ClFN2O3/c21-14-3-1-2-13(8-14)18-11-24(6-7-27-18)20(26)16-9-12-4-5-15(22)10-17(12)23-19(16)25/h1-5,8-10,18H,6-7,11H2,(H,23,25). The van der Waals surface area contributed by atoms with E-state index in [4.69, 9.17) is 16.3 Å². The lowest BCUT2D eigenvalue weighted by atomic mass is 10.1. The Morgan fingerprint density at radius 2 is 2.07 bits per heavy atom. The molecule has 5 nitrogen and oxygen atoms in total. The predicted molar refractivity (Wildman–Crippen MR) is 101 cm³/mol. The Balaban J connectivity index is 1.62. The first kappa shape index (κ1) is 17.7. The summed E-state index contributed by atoms with van der Waals surface area (Å²) in [5, 5.41) is 1.19. The van der Waals surface area contributed by atoms with E-state index in [1.807, 2.05) is 12.1 Å². The molecule has 1 fully saturated rings. The van der Waals surface area contributed by atoms with Crippen LogP contribution in [0.3, 0.4) is 0 Å². The Labute approximate surface area is 159 Å². The van der Waals surface area contributed by atoms with E-state index in [0.29, 0.717) is 35.6 Å².